The fourth-order valence-corrected chi connectivity index (χ4v) is 3.92. The minimum atomic E-state index is -0.265. The van der Waals surface area contributed by atoms with Gasteiger partial charge < -0.3 is 29.9 Å². The number of likely N-dealkylation sites (N-methyl/N-ethyl adjacent to an activating group) is 1. The van der Waals surface area contributed by atoms with Crippen LogP contribution in [-0.4, -0.2) is 80.2 Å². The van der Waals surface area contributed by atoms with E-state index in [1.807, 2.05) is 27.7 Å². The maximum Gasteiger partial charge on any atom is 0.317 e. The number of carbonyl (C=O) groups excluding carboxylic acids is 3. The van der Waals surface area contributed by atoms with Crippen LogP contribution < -0.4 is 15.4 Å². The molecule has 0 bridgehead atoms. The highest BCUT2D eigenvalue weighted by molar-refractivity contribution is 5.99. The average Bonchev–Trinajstić information content (AvgIpc) is 2.81. The van der Waals surface area contributed by atoms with Crippen LogP contribution in [0.15, 0.2) is 18.2 Å². The lowest BCUT2D eigenvalue weighted by atomic mass is 10.0. The number of nitrogens with zero attached hydrogens (tertiary/aromatic N) is 2. The largest absolute Gasteiger partial charge is 0.491 e. The molecule has 0 saturated heterocycles. The summed E-state index contributed by atoms with van der Waals surface area (Å²) < 4.78 is 11.8. The molecule has 0 fully saturated rings. The molecule has 9 nitrogen and oxygen atoms in total. The summed E-state index contributed by atoms with van der Waals surface area (Å²) in [5.41, 5.74) is 0.897. The lowest BCUT2D eigenvalue weighted by molar-refractivity contribution is -0.116. The number of methoxy groups -OCH3 is 1. The Balaban J connectivity index is 2.40. The molecule has 0 unspecified atom stereocenters. The molecule has 0 saturated carbocycles. The molecular weight excluding hydrogens is 436 g/mol. The number of anilines is 1. The number of hydrogen-bond donors (Lipinski definition) is 2. The van der Waals surface area contributed by atoms with Crippen molar-refractivity contribution in [2.24, 2.45) is 5.92 Å². The van der Waals surface area contributed by atoms with E-state index in [9.17, 15) is 14.4 Å². The van der Waals surface area contributed by atoms with Crippen molar-refractivity contribution in [3.8, 4) is 5.75 Å². The van der Waals surface area contributed by atoms with Crippen molar-refractivity contribution in [1.29, 1.82) is 0 Å². The van der Waals surface area contributed by atoms with Crippen molar-refractivity contribution in [1.82, 2.24) is 15.1 Å². The Morgan fingerprint density at radius 2 is 1.91 bits per heavy atom. The number of amides is 4. The second-order valence-corrected chi connectivity index (χ2v) is 8.99. The standard InChI is InChI=1S/C25H40N4O5/c1-7-9-23(30)27-19-10-11-21-20(13-19)24(31)28(5)15-22(33-6)17(3)14-29(18(4)16-34-21)25(32)26-12-8-2/h10-11,13,17-18,22H,7-9,12,14-16H2,1-6H3,(H,26,32)(H,27,30)/t17-,18+,22+/m1/s1. The van der Waals surface area contributed by atoms with Gasteiger partial charge in [-0.1, -0.05) is 20.8 Å². The van der Waals surface area contributed by atoms with Crippen molar-refractivity contribution in [2.45, 2.75) is 59.1 Å². The Kier molecular flexibility index (Phi) is 10.6. The highest BCUT2D eigenvalue weighted by Crippen LogP contribution is 2.26. The molecule has 1 aliphatic rings. The van der Waals surface area contributed by atoms with Gasteiger partial charge in [0.25, 0.3) is 5.91 Å². The van der Waals surface area contributed by atoms with Gasteiger partial charge in [-0.05, 0) is 38.0 Å². The molecule has 1 aromatic carbocycles. The Morgan fingerprint density at radius 3 is 2.56 bits per heavy atom. The van der Waals surface area contributed by atoms with E-state index in [1.54, 1.807) is 42.2 Å². The summed E-state index contributed by atoms with van der Waals surface area (Å²) in [6, 6.07) is 4.69. The number of nitrogens with one attached hydrogen (secondary N) is 2. The molecule has 1 aromatic rings. The van der Waals surface area contributed by atoms with E-state index in [-0.39, 0.29) is 42.5 Å². The lowest BCUT2D eigenvalue weighted by Gasteiger charge is -2.36. The number of benzene rings is 1. The van der Waals surface area contributed by atoms with Gasteiger partial charge in [-0.3, -0.25) is 9.59 Å². The van der Waals surface area contributed by atoms with E-state index in [4.69, 9.17) is 9.47 Å². The summed E-state index contributed by atoms with van der Waals surface area (Å²) in [6.07, 6.45) is 1.72. The number of fused-ring (bicyclic) bond motifs is 1. The summed E-state index contributed by atoms with van der Waals surface area (Å²) in [4.78, 5) is 41.7. The minimum Gasteiger partial charge on any atom is -0.491 e. The third-order valence-corrected chi connectivity index (χ3v) is 5.99. The van der Waals surface area contributed by atoms with E-state index in [0.717, 1.165) is 12.8 Å². The van der Waals surface area contributed by atoms with Crippen LogP contribution in [-0.2, 0) is 9.53 Å². The highest BCUT2D eigenvalue weighted by atomic mass is 16.5. The van der Waals surface area contributed by atoms with Crippen LogP contribution in [0.1, 0.15) is 57.3 Å². The van der Waals surface area contributed by atoms with Gasteiger partial charge in [0.15, 0.2) is 0 Å². The zero-order valence-electron chi connectivity index (χ0n) is 21.3. The zero-order chi connectivity index (χ0) is 25.3. The van der Waals surface area contributed by atoms with E-state index in [2.05, 4.69) is 10.6 Å². The van der Waals surface area contributed by atoms with Crippen molar-refractivity contribution in [3.63, 3.8) is 0 Å². The van der Waals surface area contributed by atoms with Crippen LogP contribution in [0.3, 0.4) is 0 Å². The SMILES string of the molecule is CCCNC(=O)N1C[C@@H](C)[C@@H](OC)CN(C)C(=O)c2cc(NC(=O)CCC)ccc2OC[C@@H]1C. The summed E-state index contributed by atoms with van der Waals surface area (Å²) in [6.45, 7) is 9.52. The van der Waals surface area contributed by atoms with Gasteiger partial charge in [-0.15, -0.1) is 0 Å². The molecule has 34 heavy (non-hydrogen) atoms. The van der Waals surface area contributed by atoms with Crippen molar-refractivity contribution in [2.75, 3.05) is 45.7 Å². The normalized spacial score (nSPS) is 21.6. The quantitative estimate of drug-likeness (QED) is 0.656. The first-order valence-corrected chi connectivity index (χ1v) is 12.1. The highest BCUT2D eigenvalue weighted by Gasteiger charge is 2.30. The van der Waals surface area contributed by atoms with Crippen LogP contribution in [0.5, 0.6) is 5.75 Å². The first-order chi connectivity index (χ1) is 16.2. The molecule has 2 rings (SSSR count). The topological polar surface area (TPSA) is 100 Å². The van der Waals surface area contributed by atoms with Gasteiger partial charge in [0.1, 0.15) is 12.4 Å². The Hall–Kier alpha value is -2.81. The lowest BCUT2D eigenvalue weighted by Crippen LogP contribution is -2.51. The predicted molar refractivity (Wildman–Crippen MR) is 132 cm³/mol. The Labute approximate surface area is 203 Å². The van der Waals surface area contributed by atoms with Gasteiger partial charge in [-0.25, -0.2) is 4.79 Å². The monoisotopic (exact) mass is 476 g/mol. The van der Waals surface area contributed by atoms with Crippen molar-refractivity contribution < 1.29 is 23.9 Å². The average molecular weight is 477 g/mol. The molecule has 4 amide bonds. The molecule has 0 radical (unpaired) electrons. The van der Waals surface area contributed by atoms with Crippen molar-refractivity contribution >= 4 is 23.5 Å². The Morgan fingerprint density at radius 1 is 1.18 bits per heavy atom. The number of carbonyl (C=O) groups is 3. The van der Waals surface area contributed by atoms with Crippen LogP contribution in [0.25, 0.3) is 0 Å². The summed E-state index contributed by atoms with van der Waals surface area (Å²) in [5, 5.41) is 5.80. The summed E-state index contributed by atoms with van der Waals surface area (Å²) in [7, 11) is 3.34. The predicted octanol–water partition coefficient (Wildman–Crippen LogP) is 3.35. The number of ether oxygens (including phenoxy) is 2. The van der Waals surface area contributed by atoms with Crippen LogP contribution >= 0.6 is 0 Å². The van der Waals surface area contributed by atoms with Gasteiger partial charge >= 0.3 is 6.03 Å². The third kappa shape index (κ3) is 7.35. The number of urea groups is 1. The van der Waals surface area contributed by atoms with Gasteiger partial charge in [0, 0.05) is 51.8 Å². The smallest absolute Gasteiger partial charge is 0.317 e. The first kappa shape index (κ1) is 27.4. The molecule has 0 aromatic heterocycles. The first-order valence-electron chi connectivity index (χ1n) is 12.1. The van der Waals surface area contributed by atoms with E-state index < -0.39 is 0 Å². The Bertz CT molecular complexity index is 847. The molecule has 2 N–H and O–H groups in total. The number of hydrogen-bond acceptors (Lipinski definition) is 5. The fourth-order valence-electron chi connectivity index (χ4n) is 3.92. The molecule has 190 valence electrons. The van der Waals surface area contributed by atoms with Crippen LogP contribution in [0.4, 0.5) is 10.5 Å². The fraction of sp³-hybridized carbons (Fsp3) is 0.640. The third-order valence-electron chi connectivity index (χ3n) is 5.99. The molecular formula is C25H40N4O5. The molecule has 3 atom stereocenters. The minimum absolute atomic E-state index is 0.0198. The second-order valence-electron chi connectivity index (χ2n) is 8.99. The molecule has 1 aliphatic heterocycles. The molecule has 0 aliphatic carbocycles. The molecule has 0 spiro atoms. The molecule has 9 heteroatoms. The van der Waals surface area contributed by atoms with E-state index in [1.165, 1.54) is 0 Å². The van der Waals surface area contributed by atoms with Gasteiger partial charge in [0.2, 0.25) is 5.91 Å². The second kappa shape index (κ2) is 13.2. The maximum atomic E-state index is 13.4. The van der Waals surface area contributed by atoms with E-state index >= 15 is 0 Å². The van der Waals surface area contributed by atoms with Gasteiger partial charge in [-0.2, -0.15) is 0 Å². The van der Waals surface area contributed by atoms with Crippen LogP contribution in [0, 0.1) is 5.92 Å². The summed E-state index contributed by atoms with van der Waals surface area (Å²) in [5.74, 6) is 0.0666. The van der Waals surface area contributed by atoms with Crippen LogP contribution in [0.2, 0.25) is 0 Å². The number of rotatable bonds is 6. The van der Waals surface area contributed by atoms with Gasteiger partial charge in [0.05, 0.1) is 17.7 Å². The zero-order valence-corrected chi connectivity index (χ0v) is 21.3. The van der Waals surface area contributed by atoms with E-state index in [0.29, 0.717) is 43.1 Å². The molecule has 1 heterocycles. The maximum absolute atomic E-state index is 13.4. The van der Waals surface area contributed by atoms with Crippen molar-refractivity contribution in [3.05, 3.63) is 23.8 Å². The summed E-state index contributed by atoms with van der Waals surface area (Å²) >= 11 is 0.